The number of anilines is 2. The van der Waals surface area contributed by atoms with Gasteiger partial charge in [0, 0.05) is 40.5 Å². The van der Waals surface area contributed by atoms with Crippen molar-refractivity contribution in [1.29, 1.82) is 0 Å². The summed E-state index contributed by atoms with van der Waals surface area (Å²) in [5.41, 5.74) is 18.7. The molecule has 0 spiro atoms. The standard InChI is InChI=1S/C30H25ClN8O3S2/c31-22-8-1-3-10-25(22)39-27(29-13-12-28(43-29)20-6-5-7-21(18-20)44(41,42)36-35-33)19-24(34-39)30(40)38-16-14-37(15-17-38)26-11-4-2-9-23(26)32/h1-13,18-19H,14-17,32H2. The highest BCUT2D eigenvalue weighted by atomic mass is 35.5. The quantitative estimate of drug-likeness (QED) is 0.0929. The Morgan fingerprint density at radius 3 is 2.34 bits per heavy atom. The summed E-state index contributed by atoms with van der Waals surface area (Å²) in [4.78, 5) is 21.6. The SMILES string of the molecule is [N-]=[N+]=NS(=O)(=O)c1cccc(-c2ccc(-c3cc(C(=O)N4CCN(c5ccccc5N)CC4)nn3-c3ccccc3Cl)s2)c1. The van der Waals surface area contributed by atoms with E-state index in [-0.39, 0.29) is 16.5 Å². The number of hydrogen-bond donors (Lipinski definition) is 1. The second kappa shape index (κ2) is 12.1. The van der Waals surface area contributed by atoms with Crippen LogP contribution in [0.5, 0.6) is 0 Å². The minimum Gasteiger partial charge on any atom is -0.397 e. The van der Waals surface area contributed by atoms with Crippen LogP contribution in [0.15, 0.2) is 100 Å². The van der Waals surface area contributed by atoms with E-state index in [1.165, 1.54) is 23.5 Å². The first kappa shape index (κ1) is 29.3. The van der Waals surface area contributed by atoms with Crippen molar-refractivity contribution in [1.82, 2.24) is 14.7 Å². The Labute approximate surface area is 262 Å². The Balaban J connectivity index is 1.32. The van der Waals surface area contributed by atoms with Crippen molar-refractivity contribution in [2.45, 2.75) is 4.90 Å². The zero-order chi connectivity index (χ0) is 30.8. The number of nitrogens with two attached hydrogens (primary N) is 1. The molecule has 1 amide bonds. The Hall–Kier alpha value is -4.81. The number of hydrogen-bond acceptors (Lipinski definition) is 7. The number of para-hydroxylation sites is 3. The van der Waals surface area contributed by atoms with E-state index in [9.17, 15) is 13.2 Å². The van der Waals surface area contributed by atoms with Gasteiger partial charge >= 0.3 is 0 Å². The Kier molecular flexibility index (Phi) is 8.02. The molecule has 1 aliphatic heterocycles. The number of sulfonamides is 1. The van der Waals surface area contributed by atoms with Crippen LogP contribution in [-0.4, -0.2) is 55.2 Å². The minimum atomic E-state index is -4.14. The Bertz CT molecular complexity index is 2030. The molecule has 0 radical (unpaired) electrons. The van der Waals surface area contributed by atoms with E-state index >= 15 is 0 Å². The maximum Gasteiger partial charge on any atom is 0.274 e. The number of thiophene rings is 1. The first-order chi connectivity index (χ1) is 21.2. The van der Waals surface area contributed by atoms with Crippen LogP contribution in [0.2, 0.25) is 5.02 Å². The molecule has 5 aromatic rings. The number of benzene rings is 3. The van der Waals surface area contributed by atoms with E-state index in [1.54, 1.807) is 33.8 Å². The summed E-state index contributed by atoms with van der Waals surface area (Å²) in [5, 5.41) is 5.19. The van der Waals surface area contributed by atoms with Gasteiger partial charge in [0.25, 0.3) is 15.9 Å². The molecule has 11 nitrogen and oxygen atoms in total. The van der Waals surface area contributed by atoms with Crippen LogP contribution in [0.3, 0.4) is 0 Å². The van der Waals surface area contributed by atoms with Gasteiger partial charge in [0.2, 0.25) is 0 Å². The second-order valence-corrected chi connectivity index (χ2v) is 13.0. The van der Waals surface area contributed by atoms with Crippen LogP contribution >= 0.6 is 22.9 Å². The van der Waals surface area contributed by atoms with E-state index in [1.807, 2.05) is 54.6 Å². The van der Waals surface area contributed by atoms with E-state index in [4.69, 9.17) is 28.0 Å². The number of carbonyl (C=O) groups excluding carboxylic acids is 1. The summed E-state index contributed by atoms with van der Waals surface area (Å²) in [5.74, 6) is -0.189. The Morgan fingerprint density at radius 1 is 0.909 bits per heavy atom. The zero-order valence-electron chi connectivity index (χ0n) is 23.1. The van der Waals surface area contributed by atoms with Gasteiger partial charge in [0.05, 0.1) is 37.6 Å². The van der Waals surface area contributed by atoms with Crippen molar-refractivity contribution in [3.05, 3.63) is 112 Å². The molecular formula is C30H25ClN8O3S2. The number of carbonyl (C=O) groups is 1. The summed E-state index contributed by atoms with van der Waals surface area (Å²) < 4.78 is 29.2. The molecule has 0 saturated carbocycles. The molecular weight excluding hydrogens is 620 g/mol. The van der Waals surface area contributed by atoms with Crippen LogP contribution in [0, 0.1) is 0 Å². The smallest absolute Gasteiger partial charge is 0.274 e. The lowest BCUT2D eigenvalue weighted by atomic mass is 10.2. The number of azide groups is 1. The van der Waals surface area contributed by atoms with Crippen LogP contribution in [0.25, 0.3) is 37.1 Å². The van der Waals surface area contributed by atoms with Crippen molar-refractivity contribution in [3.8, 4) is 26.7 Å². The lowest BCUT2D eigenvalue weighted by Crippen LogP contribution is -2.49. The van der Waals surface area contributed by atoms with Crippen molar-refractivity contribution in [3.63, 3.8) is 0 Å². The third-order valence-electron chi connectivity index (χ3n) is 7.27. The maximum atomic E-state index is 13.7. The van der Waals surface area contributed by atoms with Gasteiger partial charge < -0.3 is 15.5 Å². The Morgan fingerprint density at radius 2 is 1.61 bits per heavy atom. The summed E-state index contributed by atoms with van der Waals surface area (Å²) in [7, 11) is -4.14. The van der Waals surface area contributed by atoms with E-state index in [0.29, 0.717) is 53.8 Å². The molecule has 0 aliphatic carbocycles. The topological polar surface area (TPSA) is 150 Å². The molecule has 2 aromatic heterocycles. The highest BCUT2D eigenvalue weighted by Crippen LogP contribution is 2.37. The zero-order valence-corrected chi connectivity index (χ0v) is 25.5. The summed E-state index contributed by atoms with van der Waals surface area (Å²) in [6.45, 7) is 2.31. The minimum absolute atomic E-state index is 0.105. The number of rotatable bonds is 7. The molecule has 0 bridgehead atoms. The molecule has 1 saturated heterocycles. The predicted molar refractivity (Wildman–Crippen MR) is 173 cm³/mol. The van der Waals surface area contributed by atoms with Gasteiger partial charge in [0.15, 0.2) is 5.69 Å². The number of nitrogens with zero attached hydrogens (tertiary/aromatic N) is 7. The lowest BCUT2D eigenvalue weighted by molar-refractivity contribution is 0.0740. The highest BCUT2D eigenvalue weighted by molar-refractivity contribution is 7.90. The largest absolute Gasteiger partial charge is 0.397 e. The average Bonchev–Trinajstić information content (AvgIpc) is 3.70. The van der Waals surface area contributed by atoms with Crippen molar-refractivity contribution >= 4 is 50.2 Å². The van der Waals surface area contributed by atoms with Gasteiger partial charge in [-0.3, -0.25) is 4.79 Å². The molecule has 0 unspecified atom stereocenters. The van der Waals surface area contributed by atoms with Crippen molar-refractivity contribution in [2.75, 3.05) is 36.8 Å². The molecule has 0 atom stereocenters. The number of aromatic nitrogens is 2. The predicted octanol–water partition coefficient (Wildman–Crippen LogP) is 6.46. The maximum absolute atomic E-state index is 13.7. The molecule has 1 aliphatic rings. The number of nitrogen functional groups attached to an aromatic ring is 1. The summed E-state index contributed by atoms with van der Waals surface area (Å²) in [6, 6.07) is 26.6. The third-order valence-corrected chi connectivity index (χ3v) is 9.89. The van der Waals surface area contributed by atoms with Gasteiger partial charge in [-0.25, -0.2) is 13.1 Å². The first-order valence-electron chi connectivity index (χ1n) is 13.5. The fourth-order valence-electron chi connectivity index (χ4n) is 5.09. The number of amides is 1. The fourth-order valence-corrected chi connectivity index (χ4v) is 7.03. The van der Waals surface area contributed by atoms with Crippen molar-refractivity contribution in [2.24, 2.45) is 4.52 Å². The number of piperazine rings is 1. The summed E-state index contributed by atoms with van der Waals surface area (Å²) >= 11 is 7.97. The van der Waals surface area contributed by atoms with Gasteiger partial charge in [-0.05, 0) is 65.7 Å². The normalized spacial score (nSPS) is 13.5. The average molecular weight is 645 g/mol. The molecule has 1 fully saturated rings. The third kappa shape index (κ3) is 5.73. The van der Waals surface area contributed by atoms with Crippen molar-refractivity contribution < 1.29 is 13.2 Å². The molecule has 222 valence electrons. The molecule has 44 heavy (non-hydrogen) atoms. The van der Waals surface area contributed by atoms with Gasteiger partial charge in [0.1, 0.15) is 0 Å². The molecule has 2 N–H and O–H groups in total. The second-order valence-electron chi connectivity index (χ2n) is 9.95. The van der Waals surface area contributed by atoms with Crippen LogP contribution in [0.1, 0.15) is 10.5 Å². The van der Waals surface area contributed by atoms with Crippen LogP contribution < -0.4 is 10.6 Å². The highest BCUT2D eigenvalue weighted by Gasteiger charge is 2.27. The van der Waals surface area contributed by atoms with E-state index < -0.39 is 10.0 Å². The van der Waals surface area contributed by atoms with E-state index in [0.717, 1.165) is 15.4 Å². The van der Waals surface area contributed by atoms with Crippen LogP contribution in [-0.2, 0) is 10.0 Å². The first-order valence-corrected chi connectivity index (χ1v) is 16.1. The van der Waals surface area contributed by atoms with Gasteiger partial charge in [-0.15, -0.1) is 11.3 Å². The van der Waals surface area contributed by atoms with E-state index in [2.05, 4.69) is 14.3 Å². The molecule has 6 rings (SSSR count). The van der Waals surface area contributed by atoms with Gasteiger partial charge in [-0.2, -0.15) is 5.10 Å². The molecule has 3 heterocycles. The fraction of sp³-hybridized carbons (Fsp3) is 0.133. The van der Waals surface area contributed by atoms with Crippen LogP contribution in [0.4, 0.5) is 11.4 Å². The monoisotopic (exact) mass is 644 g/mol. The molecule has 14 heteroatoms. The van der Waals surface area contributed by atoms with Gasteiger partial charge in [-0.1, -0.05) is 48.0 Å². The number of halogens is 1. The molecule has 3 aromatic carbocycles. The lowest BCUT2D eigenvalue weighted by Gasteiger charge is -2.36. The summed E-state index contributed by atoms with van der Waals surface area (Å²) in [6.07, 6.45) is 0.